The number of para-hydroxylation sites is 2. The quantitative estimate of drug-likeness (QED) is 0.744. The summed E-state index contributed by atoms with van der Waals surface area (Å²) >= 11 is 0. The van der Waals surface area contributed by atoms with Crippen molar-refractivity contribution in [1.29, 1.82) is 0 Å². The summed E-state index contributed by atoms with van der Waals surface area (Å²) in [4.78, 5) is 0. The maximum atomic E-state index is 5.65. The first kappa shape index (κ1) is 16.7. The van der Waals surface area contributed by atoms with Crippen molar-refractivity contribution in [3.8, 4) is 33.8 Å². The zero-order valence-electron chi connectivity index (χ0n) is 15.2. The normalized spacial score (nSPS) is 13.2. The van der Waals surface area contributed by atoms with Crippen LogP contribution >= 0.6 is 0 Å². The molecular formula is C23H23NO2. The SMILES string of the molecule is COc1ccccc1-c1cc2c(cc1-c1ccccc1OC)CNCC2. The summed E-state index contributed by atoms with van der Waals surface area (Å²) in [5.41, 5.74) is 7.34. The van der Waals surface area contributed by atoms with Gasteiger partial charge in [0.2, 0.25) is 0 Å². The molecule has 26 heavy (non-hydrogen) atoms. The van der Waals surface area contributed by atoms with Crippen molar-refractivity contribution in [3.05, 3.63) is 71.8 Å². The Morgan fingerprint density at radius 1 is 0.692 bits per heavy atom. The average molecular weight is 345 g/mol. The van der Waals surface area contributed by atoms with Crippen molar-refractivity contribution >= 4 is 0 Å². The molecule has 0 aromatic heterocycles. The van der Waals surface area contributed by atoms with E-state index < -0.39 is 0 Å². The standard InChI is InChI=1S/C23H23NO2/c1-25-22-9-5-3-7-18(22)20-13-16-11-12-24-15-17(16)14-21(20)19-8-4-6-10-23(19)26-2/h3-10,13-14,24H,11-12,15H2,1-2H3. The summed E-state index contributed by atoms with van der Waals surface area (Å²) in [6.45, 7) is 1.93. The van der Waals surface area contributed by atoms with Gasteiger partial charge in [0.15, 0.2) is 0 Å². The first-order valence-corrected chi connectivity index (χ1v) is 8.95. The number of ether oxygens (including phenoxy) is 2. The molecule has 4 rings (SSSR count). The zero-order chi connectivity index (χ0) is 17.9. The van der Waals surface area contributed by atoms with Crippen molar-refractivity contribution in [2.24, 2.45) is 0 Å². The van der Waals surface area contributed by atoms with E-state index in [4.69, 9.17) is 9.47 Å². The van der Waals surface area contributed by atoms with E-state index in [-0.39, 0.29) is 0 Å². The highest BCUT2D eigenvalue weighted by Gasteiger charge is 2.19. The third-order valence-electron chi connectivity index (χ3n) is 5.02. The van der Waals surface area contributed by atoms with Crippen LogP contribution in [-0.4, -0.2) is 20.8 Å². The van der Waals surface area contributed by atoms with E-state index in [0.717, 1.165) is 42.1 Å². The molecule has 0 unspecified atom stereocenters. The van der Waals surface area contributed by atoms with Crippen molar-refractivity contribution in [2.45, 2.75) is 13.0 Å². The molecule has 3 aromatic carbocycles. The Balaban J connectivity index is 2.00. The minimum atomic E-state index is 0.882. The van der Waals surface area contributed by atoms with E-state index in [1.54, 1.807) is 14.2 Å². The summed E-state index contributed by atoms with van der Waals surface area (Å²) in [6.07, 6.45) is 1.05. The third-order valence-corrected chi connectivity index (χ3v) is 5.02. The number of fused-ring (bicyclic) bond motifs is 1. The first-order chi connectivity index (χ1) is 12.8. The Morgan fingerprint density at radius 2 is 1.23 bits per heavy atom. The largest absolute Gasteiger partial charge is 0.496 e. The topological polar surface area (TPSA) is 30.5 Å². The van der Waals surface area contributed by atoms with Gasteiger partial charge in [-0.3, -0.25) is 0 Å². The minimum absolute atomic E-state index is 0.882. The van der Waals surface area contributed by atoms with Gasteiger partial charge < -0.3 is 14.8 Å². The van der Waals surface area contributed by atoms with Crippen molar-refractivity contribution in [1.82, 2.24) is 5.32 Å². The van der Waals surface area contributed by atoms with Gasteiger partial charge in [0, 0.05) is 17.7 Å². The van der Waals surface area contributed by atoms with Gasteiger partial charge in [-0.25, -0.2) is 0 Å². The molecular weight excluding hydrogens is 322 g/mol. The molecule has 0 spiro atoms. The smallest absolute Gasteiger partial charge is 0.126 e. The van der Waals surface area contributed by atoms with Crippen LogP contribution in [0.1, 0.15) is 11.1 Å². The van der Waals surface area contributed by atoms with Crippen molar-refractivity contribution < 1.29 is 9.47 Å². The van der Waals surface area contributed by atoms with Crippen LogP contribution in [0.2, 0.25) is 0 Å². The summed E-state index contributed by atoms with van der Waals surface area (Å²) in [7, 11) is 3.45. The fraction of sp³-hybridized carbons (Fsp3) is 0.217. The van der Waals surface area contributed by atoms with Crippen LogP contribution in [0.15, 0.2) is 60.7 Å². The Kier molecular flexibility index (Phi) is 4.63. The number of methoxy groups -OCH3 is 2. The molecule has 1 heterocycles. The second-order valence-corrected chi connectivity index (χ2v) is 6.49. The maximum absolute atomic E-state index is 5.65. The van der Waals surface area contributed by atoms with Crippen LogP contribution in [0.4, 0.5) is 0 Å². The van der Waals surface area contributed by atoms with Gasteiger partial charge in [-0.2, -0.15) is 0 Å². The Morgan fingerprint density at radius 3 is 1.81 bits per heavy atom. The van der Waals surface area contributed by atoms with Crippen molar-refractivity contribution in [3.63, 3.8) is 0 Å². The first-order valence-electron chi connectivity index (χ1n) is 8.95. The highest BCUT2D eigenvalue weighted by atomic mass is 16.5. The lowest BCUT2D eigenvalue weighted by atomic mass is 9.87. The average Bonchev–Trinajstić information content (AvgIpc) is 2.72. The molecule has 1 N–H and O–H groups in total. The molecule has 132 valence electrons. The number of benzene rings is 3. The zero-order valence-corrected chi connectivity index (χ0v) is 15.2. The molecule has 3 nitrogen and oxygen atoms in total. The summed E-state index contributed by atoms with van der Waals surface area (Å²) < 4.78 is 11.3. The van der Waals surface area contributed by atoms with E-state index in [1.165, 1.54) is 22.3 Å². The monoisotopic (exact) mass is 345 g/mol. The number of hydrogen-bond donors (Lipinski definition) is 1. The molecule has 3 aromatic rings. The Labute approximate surface area is 154 Å². The lowest BCUT2D eigenvalue weighted by Crippen LogP contribution is -2.23. The van der Waals surface area contributed by atoms with Gasteiger partial charge in [0.25, 0.3) is 0 Å². The molecule has 0 radical (unpaired) electrons. The molecule has 0 amide bonds. The van der Waals surface area contributed by atoms with Gasteiger partial charge in [0.1, 0.15) is 11.5 Å². The molecule has 0 atom stereocenters. The van der Waals surface area contributed by atoms with Crippen LogP contribution < -0.4 is 14.8 Å². The van der Waals surface area contributed by atoms with Crippen LogP contribution in [0.25, 0.3) is 22.3 Å². The molecule has 1 aliphatic heterocycles. The third kappa shape index (κ3) is 2.95. The summed E-state index contributed by atoms with van der Waals surface area (Å²) in [6, 6.07) is 21.0. The lowest BCUT2D eigenvalue weighted by Gasteiger charge is -2.22. The second kappa shape index (κ2) is 7.22. The highest BCUT2D eigenvalue weighted by molar-refractivity contribution is 5.89. The number of rotatable bonds is 4. The Hall–Kier alpha value is -2.78. The molecule has 0 saturated carbocycles. The van der Waals surface area contributed by atoms with Crippen LogP contribution in [0.5, 0.6) is 11.5 Å². The van der Waals surface area contributed by atoms with E-state index in [2.05, 4.69) is 41.7 Å². The van der Waals surface area contributed by atoms with Gasteiger partial charge in [0.05, 0.1) is 14.2 Å². The van der Waals surface area contributed by atoms with E-state index in [1.807, 2.05) is 24.3 Å². The van der Waals surface area contributed by atoms with Crippen LogP contribution in [0.3, 0.4) is 0 Å². The molecule has 0 bridgehead atoms. The molecule has 0 fully saturated rings. The van der Waals surface area contributed by atoms with Gasteiger partial charge >= 0.3 is 0 Å². The summed E-state index contributed by atoms with van der Waals surface area (Å²) in [5.74, 6) is 1.77. The minimum Gasteiger partial charge on any atom is -0.496 e. The predicted octanol–water partition coefficient (Wildman–Crippen LogP) is 4.68. The number of nitrogens with one attached hydrogen (secondary N) is 1. The molecule has 3 heteroatoms. The van der Waals surface area contributed by atoms with E-state index in [0.29, 0.717) is 0 Å². The maximum Gasteiger partial charge on any atom is 0.126 e. The van der Waals surface area contributed by atoms with Gasteiger partial charge in [-0.05, 0) is 53.4 Å². The fourth-order valence-electron chi connectivity index (χ4n) is 3.71. The lowest BCUT2D eigenvalue weighted by molar-refractivity contribution is 0.416. The van der Waals surface area contributed by atoms with Crippen LogP contribution in [0, 0.1) is 0 Å². The van der Waals surface area contributed by atoms with Gasteiger partial charge in [-0.1, -0.05) is 42.5 Å². The van der Waals surface area contributed by atoms with Crippen molar-refractivity contribution in [2.75, 3.05) is 20.8 Å². The second-order valence-electron chi connectivity index (χ2n) is 6.49. The molecule has 1 aliphatic rings. The summed E-state index contributed by atoms with van der Waals surface area (Å²) in [5, 5.41) is 3.47. The fourth-order valence-corrected chi connectivity index (χ4v) is 3.71. The highest BCUT2D eigenvalue weighted by Crippen LogP contribution is 2.42. The molecule has 0 aliphatic carbocycles. The van der Waals surface area contributed by atoms with Crippen LogP contribution in [-0.2, 0) is 13.0 Å². The molecule has 0 saturated heterocycles. The van der Waals surface area contributed by atoms with Gasteiger partial charge in [-0.15, -0.1) is 0 Å². The number of hydrogen-bond acceptors (Lipinski definition) is 3. The Bertz CT molecular complexity index is 857. The van der Waals surface area contributed by atoms with E-state index in [9.17, 15) is 0 Å². The van der Waals surface area contributed by atoms with E-state index >= 15 is 0 Å². The predicted molar refractivity (Wildman–Crippen MR) is 106 cm³/mol.